The molecule has 0 spiro atoms. The Balaban J connectivity index is 1.68. The Morgan fingerprint density at radius 1 is 1.35 bits per heavy atom. The fraction of sp³-hybridized carbons (Fsp3) is 0.909. The molecule has 96 valence electrons. The van der Waals surface area contributed by atoms with Crippen LogP contribution in [-0.4, -0.2) is 54.5 Å². The van der Waals surface area contributed by atoms with Crippen LogP contribution in [-0.2, 0) is 19.0 Å². The Bertz CT molecular complexity index is 324. The van der Waals surface area contributed by atoms with Crippen LogP contribution in [0.25, 0.3) is 0 Å². The van der Waals surface area contributed by atoms with Crippen molar-refractivity contribution in [3.05, 3.63) is 0 Å². The SMILES string of the molecule is CC12COC(CN3CCC(Br)C3=O)(OC1)OC2. The number of alkyl halides is 1. The lowest BCUT2D eigenvalue weighted by Crippen LogP contribution is -2.63. The van der Waals surface area contributed by atoms with Crippen molar-refractivity contribution in [1.82, 2.24) is 4.90 Å². The lowest BCUT2D eigenvalue weighted by atomic mass is 9.92. The molecule has 6 heteroatoms. The zero-order valence-corrected chi connectivity index (χ0v) is 11.4. The van der Waals surface area contributed by atoms with Crippen molar-refractivity contribution in [2.75, 3.05) is 32.9 Å². The van der Waals surface area contributed by atoms with Crippen molar-refractivity contribution >= 4 is 21.8 Å². The van der Waals surface area contributed by atoms with E-state index in [9.17, 15) is 4.79 Å². The van der Waals surface area contributed by atoms with E-state index in [1.807, 2.05) is 0 Å². The number of hydrogen-bond donors (Lipinski definition) is 0. The Kier molecular flexibility index (Phi) is 2.74. The Morgan fingerprint density at radius 2 is 1.94 bits per heavy atom. The second-order valence-electron chi connectivity index (χ2n) is 5.38. The van der Waals surface area contributed by atoms with E-state index < -0.39 is 5.97 Å². The van der Waals surface area contributed by atoms with Gasteiger partial charge in [-0.05, 0) is 6.42 Å². The molecule has 4 fully saturated rings. The average Bonchev–Trinajstić information content (AvgIpc) is 2.63. The predicted molar refractivity (Wildman–Crippen MR) is 62.6 cm³/mol. The molecule has 0 N–H and O–H groups in total. The summed E-state index contributed by atoms with van der Waals surface area (Å²) in [6, 6.07) is 0. The number of nitrogens with zero attached hydrogens (tertiary/aromatic N) is 1. The van der Waals surface area contributed by atoms with Gasteiger partial charge in [-0.1, -0.05) is 22.9 Å². The number of halogens is 1. The molecule has 4 saturated heterocycles. The molecule has 0 saturated carbocycles. The number of hydrogen-bond acceptors (Lipinski definition) is 4. The molecule has 4 aliphatic rings. The summed E-state index contributed by atoms with van der Waals surface area (Å²) >= 11 is 3.35. The van der Waals surface area contributed by atoms with Crippen molar-refractivity contribution in [1.29, 1.82) is 0 Å². The van der Waals surface area contributed by atoms with Gasteiger partial charge in [0.2, 0.25) is 5.91 Å². The van der Waals surface area contributed by atoms with Crippen LogP contribution in [0.3, 0.4) is 0 Å². The van der Waals surface area contributed by atoms with Gasteiger partial charge in [0.1, 0.15) is 6.54 Å². The monoisotopic (exact) mass is 305 g/mol. The first-order valence-electron chi connectivity index (χ1n) is 5.87. The summed E-state index contributed by atoms with van der Waals surface area (Å²) in [7, 11) is 0. The first-order valence-corrected chi connectivity index (χ1v) is 6.78. The van der Waals surface area contributed by atoms with Gasteiger partial charge in [-0.2, -0.15) is 0 Å². The summed E-state index contributed by atoms with van der Waals surface area (Å²) in [5.74, 6) is -0.932. The van der Waals surface area contributed by atoms with E-state index in [4.69, 9.17) is 14.2 Å². The Hall–Kier alpha value is -0.170. The number of amides is 1. The summed E-state index contributed by atoms with van der Waals surface area (Å²) in [5, 5.41) is 0. The minimum atomic E-state index is -1.02. The van der Waals surface area contributed by atoms with Crippen molar-refractivity contribution in [2.45, 2.75) is 24.1 Å². The van der Waals surface area contributed by atoms with Crippen LogP contribution in [0.5, 0.6) is 0 Å². The van der Waals surface area contributed by atoms with Gasteiger partial charge < -0.3 is 19.1 Å². The van der Waals surface area contributed by atoms with Gasteiger partial charge >= 0.3 is 5.97 Å². The highest BCUT2D eigenvalue weighted by atomic mass is 79.9. The van der Waals surface area contributed by atoms with E-state index in [1.54, 1.807) is 4.90 Å². The zero-order valence-electron chi connectivity index (χ0n) is 9.78. The number of ether oxygens (including phenoxy) is 3. The quantitative estimate of drug-likeness (QED) is 0.705. The zero-order chi connectivity index (χ0) is 12.1. The molecule has 0 aromatic heterocycles. The topological polar surface area (TPSA) is 48.0 Å². The number of carbonyl (C=O) groups excluding carboxylic acids is 1. The number of rotatable bonds is 2. The largest absolute Gasteiger partial charge is 0.334 e. The number of fused-ring (bicyclic) bond motifs is 3. The maximum absolute atomic E-state index is 11.8. The molecule has 1 unspecified atom stereocenters. The van der Waals surface area contributed by atoms with Gasteiger partial charge in [0.05, 0.1) is 24.6 Å². The smallest absolute Gasteiger partial charge is 0.301 e. The fourth-order valence-electron chi connectivity index (χ4n) is 2.33. The summed E-state index contributed by atoms with van der Waals surface area (Å²) in [4.78, 5) is 13.5. The van der Waals surface area contributed by atoms with Crippen molar-refractivity contribution in [2.24, 2.45) is 5.41 Å². The Labute approximate surface area is 109 Å². The molecule has 2 bridgehead atoms. The third-order valence-electron chi connectivity index (χ3n) is 3.54. The normalized spacial score (nSPS) is 45.6. The molecule has 0 aromatic rings. The molecule has 0 radical (unpaired) electrons. The number of carbonyl (C=O) groups is 1. The van der Waals surface area contributed by atoms with Crippen LogP contribution in [0.1, 0.15) is 13.3 Å². The van der Waals surface area contributed by atoms with Crippen molar-refractivity contribution in [3.8, 4) is 0 Å². The second-order valence-corrected chi connectivity index (χ2v) is 6.48. The second kappa shape index (κ2) is 3.91. The van der Waals surface area contributed by atoms with E-state index >= 15 is 0 Å². The van der Waals surface area contributed by atoms with E-state index in [0.717, 1.165) is 13.0 Å². The maximum atomic E-state index is 11.8. The van der Waals surface area contributed by atoms with Gasteiger partial charge in [0.15, 0.2) is 0 Å². The minimum Gasteiger partial charge on any atom is -0.334 e. The summed E-state index contributed by atoms with van der Waals surface area (Å²) in [6.07, 6.45) is 0.826. The summed E-state index contributed by atoms with van der Waals surface area (Å²) in [5.41, 5.74) is -0.0330. The lowest BCUT2D eigenvalue weighted by molar-refractivity contribution is -0.466. The van der Waals surface area contributed by atoms with E-state index in [-0.39, 0.29) is 16.1 Å². The van der Waals surface area contributed by atoms with Gasteiger partial charge in [0, 0.05) is 12.0 Å². The van der Waals surface area contributed by atoms with E-state index in [2.05, 4.69) is 22.9 Å². The Morgan fingerprint density at radius 3 is 2.41 bits per heavy atom. The lowest BCUT2D eigenvalue weighted by Gasteiger charge is -2.51. The molecule has 4 heterocycles. The van der Waals surface area contributed by atoms with Crippen LogP contribution in [0.2, 0.25) is 0 Å². The first-order chi connectivity index (χ1) is 8.02. The molecular weight excluding hydrogens is 290 g/mol. The minimum absolute atomic E-state index is 0.0330. The van der Waals surface area contributed by atoms with E-state index in [0.29, 0.717) is 26.4 Å². The summed E-state index contributed by atoms with van der Waals surface area (Å²) in [6.45, 7) is 5.06. The molecule has 1 atom stereocenters. The van der Waals surface area contributed by atoms with Crippen molar-refractivity contribution < 1.29 is 19.0 Å². The van der Waals surface area contributed by atoms with Gasteiger partial charge in [-0.15, -0.1) is 0 Å². The molecule has 17 heavy (non-hydrogen) atoms. The molecule has 4 rings (SSSR count). The third-order valence-corrected chi connectivity index (χ3v) is 4.39. The fourth-order valence-corrected chi connectivity index (χ4v) is 2.83. The molecule has 5 nitrogen and oxygen atoms in total. The van der Waals surface area contributed by atoms with Crippen LogP contribution < -0.4 is 0 Å². The third kappa shape index (κ3) is 2.01. The van der Waals surface area contributed by atoms with E-state index in [1.165, 1.54) is 0 Å². The predicted octanol–water partition coefficient (Wildman–Crippen LogP) is 0.719. The van der Waals surface area contributed by atoms with Gasteiger partial charge in [0.25, 0.3) is 0 Å². The van der Waals surface area contributed by atoms with Gasteiger partial charge in [-0.3, -0.25) is 4.79 Å². The molecule has 4 aliphatic heterocycles. The van der Waals surface area contributed by atoms with Crippen LogP contribution in [0.4, 0.5) is 0 Å². The molecule has 1 amide bonds. The molecular formula is C11H16BrNO4. The standard InChI is InChI=1S/C11H16BrNO4/c1-10-5-15-11(16-6-10,17-7-10)4-13-3-2-8(12)9(13)14/h8H,2-7H2,1H3. The number of likely N-dealkylation sites (tertiary alicyclic amines) is 1. The van der Waals surface area contributed by atoms with Crippen LogP contribution in [0.15, 0.2) is 0 Å². The first kappa shape index (κ1) is 11.9. The highest BCUT2D eigenvalue weighted by Gasteiger charge is 2.52. The highest BCUT2D eigenvalue weighted by Crippen LogP contribution is 2.38. The highest BCUT2D eigenvalue weighted by molar-refractivity contribution is 9.10. The van der Waals surface area contributed by atoms with Crippen LogP contribution >= 0.6 is 15.9 Å². The van der Waals surface area contributed by atoms with Gasteiger partial charge in [-0.25, -0.2) is 0 Å². The van der Waals surface area contributed by atoms with Crippen molar-refractivity contribution in [3.63, 3.8) is 0 Å². The van der Waals surface area contributed by atoms with Crippen LogP contribution in [0, 0.1) is 5.41 Å². The molecule has 0 aromatic carbocycles. The summed E-state index contributed by atoms with van der Waals surface area (Å²) < 4.78 is 17.0. The maximum Gasteiger partial charge on any atom is 0.301 e. The molecule has 0 aliphatic carbocycles. The average molecular weight is 306 g/mol.